The highest BCUT2D eigenvalue weighted by molar-refractivity contribution is 6.02. The molecule has 0 aliphatic heterocycles. The van der Waals surface area contributed by atoms with Gasteiger partial charge in [0.25, 0.3) is 5.91 Å². The number of carbonyl (C=O) groups is 2. The average Bonchev–Trinajstić information content (AvgIpc) is 2.74. The number of aromatic nitrogens is 1. The lowest BCUT2D eigenvalue weighted by Crippen LogP contribution is -2.41. The second kappa shape index (κ2) is 7.41. The van der Waals surface area contributed by atoms with Crippen LogP contribution >= 0.6 is 0 Å². The Morgan fingerprint density at radius 1 is 1.33 bits per heavy atom. The quantitative estimate of drug-likeness (QED) is 0.673. The first-order chi connectivity index (χ1) is 9.81. The third kappa shape index (κ3) is 4.17. The van der Waals surface area contributed by atoms with Gasteiger partial charge in [-0.05, 0) is 38.2 Å². The van der Waals surface area contributed by atoms with E-state index in [4.69, 9.17) is 5.73 Å². The molecule has 0 aliphatic rings. The first-order valence-corrected chi connectivity index (χ1v) is 7.55. The smallest absolute Gasteiger partial charge is 0.268 e. The first kappa shape index (κ1) is 17.4. The van der Waals surface area contributed by atoms with Crippen molar-refractivity contribution in [2.75, 3.05) is 6.54 Å². The number of nitrogens with two attached hydrogens (primary N) is 1. The maximum atomic E-state index is 12.5. The molecule has 1 amide bonds. The van der Waals surface area contributed by atoms with E-state index in [1.54, 1.807) is 0 Å². The van der Waals surface area contributed by atoms with E-state index < -0.39 is 0 Å². The molecule has 1 aromatic heterocycles. The maximum absolute atomic E-state index is 12.5. The van der Waals surface area contributed by atoms with E-state index in [1.807, 2.05) is 13.8 Å². The van der Waals surface area contributed by atoms with Crippen LogP contribution < -0.4 is 11.1 Å². The van der Waals surface area contributed by atoms with Gasteiger partial charge in [0, 0.05) is 23.8 Å². The number of aromatic amines is 1. The Labute approximate surface area is 126 Å². The molecular weight excluding hydrogens is 266 g/mol. The summed E-state index contributed by atoms with van der Waals surface area (Å²) >= 11 is 0. The van der Waals surface area contributed by atoms with E-state index >= 15 is 0 Å². The van der Waals surface area contributed by atoms with Crippen LogP contribution in [-0.2, 0) is 6.42 Å². The molecule has 0 saturated carbocycles. The second-order valence-electron chi connectivity index (χ2n) is 5.92. The average molecular weight is 293 g/mol. The van der Waals surface area contributed by atoms with Crippen LogP contribution in [0.3, 0.4) is 0 Å². The fraction of sp³-hybridized carbons (Fsp3) is 0.625. The van der Waals surface area contributed by atoms with Gasteiger partial charge < -0.3 is 16.0 Å². The molecule has 0 bridgehead atoms. The first-order valence-electron chi connectivity index (χ1n) is 7.55. The zero-order valence-electron chi connectivity index (χ0n) is 13.7. The van der Waals surface area contributed by atoms with Gasteiger partial charge in [-0.25, -0.2) is 0 Å². The summed E-state index contributed by atoms with van der Waals surface area (Å²) in [4.78, 5) is 27.2. The number of amides is 1. The molecule has 4 N–H and O–H groups in total. The summed E-state index contributed by atoms with van der Waals surface area (Å²) in [6, 6.07) is -0.0495. The van der Waals surface area contributed by atoms with Crippen molar-refractivity contribution in [1.29, 1.82) is 0 Å². The van der Waals surface area contributed by atoms with Crippen molar-refractivity contribution in [3.8, 4) is 0 Å². The number of nitrogens with one attached hydrogen (secondary N) is 2. The van der Waals surface area contributed by atoms with Crippen molar-refractivity contribution < 1.29 is 9.59 Å². The maximum Gasteiger partial charge on any atom is 0.268 e. The Morgan fingerprint density at radius 2 is 1.95 bits per heavy atom. The molecule has 0 saturated heterocycles. The van der Waals surface area contributed by atoms with E-state index in [0.29, 0.717) is 30.1 Å². The molecule has 0 aliphatic carbocycles. The van der Waals surface area contributed by atoms with Crippen molar-refractivity contribution in [3.05, 3.63) is 22.5 Å². The minimum atomic E-state index is -0.182. The molecule has 0 fully saturated rings. The summed E-state index contributed by atoms with van der Waals surface area (Å²) in [6.45, 7) is 9.89. The van der Waals surface area contributed by atoms with Gasteiger partial charge in [0.2, 0.25) is 0 Å². The summed E-state index contributed by atoms with van der Waals surface area (Å²) in [5.41, 5.74) is 8.38. The van der Waals surface area contributed by atoms with Gasteiger partial charge in [-0.15, -0.1) is 0 Å². The highest BCUT2D eigenvalue weighted by atomic mass is 16.2. The van der Waals surface area contributed by atoms with E-state index in [9.17, 15) is 9.59 Å². The number of rotatable bonds is 7. The molecular formula is C16H27N3O2. The number of ketones is 1. The molecule has 0 aromatic carbocycles. The van der Waals surface area contributed by atoms with Crippen LogP contribution in [0.5, 0.6) is 0 Å². The number of hydrogen-bond donors (Lipinski definition) is 3. The van der Waals surface area contributed by atoms with Crippen LogP contribution in [-0.4, -0.2) is 29.3 Å². The number of aryl methyl sites for hydroxylation is 1. The summed E-state index contributed by atoms with van der Waals surface area (Å²) in [7, 11) is 0. The van der Waals surface area contributed by atoms with E-state index in [1.165, 1.54) is 6.92 Å². The third-order valence-corrected chi connectivity index (χ3v) is 3.60. The Hall–Kier alpha value is -1.62. The summed E-state index contributed by atoms with van der Waals surface area (Å²) in [6.07, 6.45) is 1.47. The molecule has 1 aromatic rings. The Bertz CT molecular complexity index is 518. The summed E-state index contributed by atoms with van der Waals surface area (Å²) in [5.74, 6) is 0.262. The molecule has 1 rings (SSSR count). The molecule has 5 heteroatoms. The van der Waals surface area contributed by atoms with Gasteiger partial charge >= 0.3 is 0 Å². The Morgan fingerprint density at radius 3 is 2.38 bits per heavy atom. The highest BCUT2D eigenvalue weighted by Crippen LogP contribution is 2.20. The normalized spacial score (nSPS) is 12.5. The van der Waals surface area contributed by atoms with Crippen molar-refractivity contribution in [1.82, 2.24) is 10.3 Å². The molecule has 1 unspecified atom stereocenters. The fourth-order valence-corrected chi connectivity index (χ4v) is 2.74. The summed E-state index contributed by atoms with van der Waals surface area (Å²) in [5, 5.41) is 2.96. The lowest BCUT2D eigenvalue weighted by atomic mass is 10.0. The van der Waals surface area contributed by atoms with Crippen LogP contribution in [0.15, 0.2) is 0 Å². The van der Waals surface area contributed by atoms with Crippen LogP contribution in [0.4, 0.5) is 0 Å². The van der Waals surface area contributed by atoms with E-state index in [0.717, 1.165) is 17.7 Å². The zero-order chi connectivity index (χ0) is 16.2. The SMILES string of the molecule is CCc1c(C(=O)NC(CN)CC(C)C)[nH]c(C)c1C(C)=O. The largest absolute Gasteiger partial charge is 0.354 e. The number of carbonyl (C=O) groups excluding carboxylic acids is 2. The van der Waals surface area contributed by atoms with Gasteiger partial charge in [0.15, 0.2) is 5.78 Å². The number of H-pyrrole nitrogens is 1. The van der Waals surface area contributed by atoms with Crippen molar-refractivity contribution in [2.45, 2.75) is 53.5 Å². The Kier molecular flexibility index (Phi) is 6.15. The molecule has 0 spiro atoms. The predicted molar refractivity (Wildman–Crippen MR) is 84.7 cm³/mol. The minimum absolute atomic E-state index is 0.0165. The van der Waals surface area contributed by atoms with Crippen LogP contribution in [0.1, 0.15) is 66.2 Å². The van der Waals surface area contributed by atoms with Crippen LogP contribution in [0, 0.1) is 12.8 Å². The van der Waals surface area contributed by atoms with E-state index in [-0.39, 0.29) is 17.7 Å². The molecule has 21 heavy (non-hydrogen) atoms. The number of Topliss-reactive ketones (excluding diaryl/α,β-unsaturated/α-hetero) is 1. The van der Waals surface area contributed by atoms with Gasteiger partial charge in [-0.3, -0.25) is 9.59 Å². The molecule has 5 nitrogen and oxygen atoms in total. The fourth-order valence-electron chi connectivity index (χ4n) is 2.74. The Balaban J connectivity index is 3.02. The molecule has 1 heterocycles. The lowest BCUT2D eigenvalue weighted by Gasteiger charge is -2.18. The van der Waals surface area contributed by atoms with Gasteiger partial charge in [0.1, 0.15) is 5.69 Å². The highest BCUT2D eigenvalue weighted by Gasteiger charge is 2.23. The standard InChI is InChI=1S/C16H27N3O2/c1-6-13-14(11(5)20)10(4)18-15(13)16(21)19-12(8-17)7-9(2)3/h9,12,18H,6-8,17H2,1-5H3,(H,19,21). The van der Waals surface area contributed by atoms with Gasteiger partial charge in [-0.1, -0.05) is 20.8 Å². The topological polar surface area (TPSA) is 88.0 Å². The molecule has 1 atom stereocenters. The molecule has 118 valence electrons. The van der Waals surface area contributed by atoms with Gasteiger partial charge in [-0.2, -0.15) is 0 Å². The third-order valence-electron chi connectivity index (χ3n) is 3.60. The zero-order valence-corrected chi connectivity index (χ0v) is 13.7. The van der Waals surface area contributed by atoms with Crippen LogP contribution in [0.2, 0.25) is 0 Å². The summed E-state index contributed by atoms with van der Waals surface area (Å²) < 4.78 is 0. The van der Waals surface area contributed by atoms with Crippen molar-refractivity contribution in [2.24, 2.45) is 11.7 Å². The monoisotopic (exact) mass is 293 g/mol. The second-order valence-corrected chi connectivity index (χ2v) is 5.92. The van der Waals surface area contributed by atoms with Crippen molar-refractivity contribution in [3.63, 3.8) is 0 Å². The van der Waals surface area contributed by atoms with E-state index in [2.05, 4.69) is 24.1 Å². The van der Waals surface area contributed by atoms with Gasteiger partial charge in [0.05, 0.1) is 0 Å². The number of hydrogen-bond acceptors (Lipinski definition) is 3. The van der Waals surface area contributed by atoms with Crippen molar-refractivity contribution >= 4 is 11.7 Å². The lowest BCUT2D eigenvalue weighted by molar-refractivity contribution is 0.0928. The minimum Gasteiger partial charge on any atom is -0.354 e. The van der Waals surface area contributed by atoms with Crippen LogP contribution in [0.25, 0.3) is 0 Å². The molecule has 0 radical (unpaired) electrons. The predicted octanol–water partition coefficient (Wildman–Crippen LogP) is 2.19.